The van der Waals surface area contributed by atoms with Gasteiger partial charge in [0.25, 0.3) is 5.91 Å². The lowest BCUT2D eigenvalue weighted by Gasteiger charge is -2.22. The normalized spacial score (nSPS) is 12.5. The summed E-state index contributed by atoms with van der Waals surface area (Å²) in [6.45, 7) is 11.8. The fourth-order valence-electron chi connectivity index (χ4n) is 1.47. The van der Waals surface area contributed by atoms with Gasteiger partial charge in [0.15, 0.2) is 0 Å². The van der Waals surface area contributed by atoms with Crippen molar-refractivity contribution in [2.45, 2.75) is 40.2 Å². The van der Waals surface area contributed by atoms with Gasteiger partial charge >= 0.3 is 0 Å². The summed E-state index contributed by atoms with van der Waals surface area (Å²) in [5.74, 6) is 0.0838. The van der Waals surface area contributed by atoms with Crippen LogP contribution in [-0.2, 0) is 9.53 Å². The van der Waals surface area contributed by atoms with Crippen LogP contribution in [0.5, 0.6) is 0 Å². The van der Waals surface area contributed by atoms with Gasteiger partial charge in [-0.1, -0.05) is 6.92 Å². The molecule has 0 aliphatic carbocycles. The molecule has 0 spiro atoms. The van der Waals surface area contributed by atoms with Crippen molar-refractivity contribution >= 4 is 5.91 Å². The summed E-state index contributed by atoms with van der Waals surface area (Å²) in [4.78, 5) is 13.6. The van der Waals surface area contributed by atoms with Crippen LogP contribution in [0, 0.1) is 0 Å². The van der Waals surface area contributed by atoms with Gasteiger partial charge < -0.3 is 15.0 Å². The maximum Gasteiger partial charge on any atom is 0.251 e. The van der Waals surface area contributed by atoms with E-state index >= 15 is 0 Å². The van der Waals surface area contributed by atoms with Gasteiger partial charge in [-0.2, -0.15) is 0 Å². The van der Waals surface area contributed by atoms with Crippen LogP contribution in [0.15, 0.2) is 0 Å². The molecule has 0 saturated heterocycles. The van der Waals surface area contributed by atoms with Crippen molar-refractivity contribution < 1.29 is 9.53 Å². The number of ether oxygens (including phenoxy) is 1. The molecule has 16 heavy (non-hydrogen) atoms. The summed E-state index contributed by atoms with van der Waals surface area (Å²) in [5, 5.41) is 3.24. The van der Waals surface area contributed by atoms with Crippen molar-refractivity contribution in [2.24, 2.45) is 0 Å². The SMILES string of the molecule is CCCNCCOC(C)C(=O)N(CC)CC. The van der Waals surface area contributed by atoms with Crippen molar-refractivity contribution in [3.63, 3.8) is 0 Å². The lowest BCUT2D eigenvalue weighted by Crippen LogP contribution is -2.39. The van der Waals surface area contributed by atoms with E-state index in [9.17, 15) is 4.79 Å². The van der Waals surface area contributed by atoms with Crippen LogP contribution in [0.3, 0.4) is 0 Å². The molecule has 0 bridgehead atoms. The molecule has 0 aliphatic heterocycles. The fourth-order valence-corrected chi connectivity index (χ4v) is 1.47. The molecule has 0 aromatic rings. The van der Waals surface area contributed by atoms with Gasteiger partial charge in [0, 0.05) is 19.6 Å². The first kappa shape index (κ1) is 15.4. The Morgan fingerprint density at radius 3 is 2.38 bits per heavy atom. The van der Waals surface area contributed by atoms with Gasteiger partial charge in [-0.15, -0.1) is 0 Å². The maximum absolute atomic E-state index is 11.8. The Bertz CT molecular complexity index is 182. The highest BCUT2D eigenvalue weighted by molar-refractivity contribution is 5.80. The largest absolute Gasteiger partial charge is 0.367 e. The number of carbonyl (C=O) groups excluding carboxylic acids is 1. The third-order valence-electron chi connectivity index (χ3n) is 2.50. The molecule has 0 aromatic carbocycles. The van der Waals surface area contributed by atoms with Gasteiger partial charge in [-0.05, 0) is 33.7 Å². The Morgan fingerprint density at radius 2 is 1.88 bits per heavy atom. The van der Waals surface area contributed by atoms with Crippen LogP contribution >= 0.6 is 0 Å². The molecule has 1 N–H and O–H groups in total. The number of rotatable bonds is 9. The van der Waals surface area contributed by atoms with Gasteiger partial charge in [0.1, 0.15) is 6.10 Å². The lowest BCUT2D eigenvalue weighted by atomic mass is 10.3. The number of nitrogens with zero attached hydrogens (tertiary/aromatic N) is 1. The van der Waals surface area contributed by atoms with Crippen molar-refractivity contribution in [3.8, 4) is 0 Å². The topological polar surface area (TPSA) is 41.6 Å². The molecule has 0 aromatic heterocycles. The van der Waals surface area contributed by atoms with Crippen LogP contribution in [0.1, 0.15) is 34.1 Å². The standard InChI is InChI=1S/C12H26N2O2/c1-5-8-13-9-10-16-11(4)12(15)14(6-2)7-3/h11,13H,5-10H2,1-4H3. The molecule has 0 radical (unpaired) electrons. The van der Waals surface area contributed by atoms with E-state index in [0.29, 0.717) is 6.61 Å². The number of likely N-dealkylation sites (N-methyl/N-ethyl adjacent to an activating group) is 1. The second-order valence-corrected chi connectivity index (χ2v) is 3.77. The van der Waals surface area contributed by atoms with Gasteiger partial charge in [-0.3, -0.25) is 4.79 Å². The second kappa shape index (κ2) is 9.60. The van der Waals surface area contributed by atoms with Crippen molar-refractivity contribution in [1.29, 1.82) is 0 Å². The predicted molar refractivity (Wildman–Crippen MR) is 66.5 cm³/mol. The third-order valence-corrected chi connectivity index (χ3v) is 2.50. The number of hydrogen-bond acceptors (Lipinski definition) is 3. The van der Waals surface area contributed by atoms with E-state index in [2.05, 4.69) is 12.2 Å². The zero-order valence-electron chi connectivity index (χ0n) is 11.1. The lowest BCUT2D eigenvalue weighted by molar-refractivity contribution is -0.142. The molecule has 0 fully saturated rings. The highest BCUT2D eigenvalue weighted by Crippen LogP contribution is 1.98. The third kappa shape index (κ3) is 6.08. The van der Waals surface area contributed by atoms with E-state index in [1.165, 1.54) is 0 Å². The molecule has 0 heterocycles. The Balaban J connectivity index is 3.70. The first-order valence-corrected chi connectivity index (χ1v) is 6.28. The molecule has 4 heteroatoms. The van der Waals surface area contributed by atoms with Crippen LogP contribution in [0.25, 0.3) is 0 Å². The van der Waals surface area contributed by atoms with E-state index < -0.39 is 0 Å². The average Bonchev–Trinajstić information content (AvgIpc) is 2.30. The molecule has 1 atom stereocenters. The van der Waals surface area contributed by atoms with Crippen molar-refractivity contribution in [2.75, 3.05) is 32.8 Å². The summed E-state index contributed by atoms with van der Waals surface area (Å²) in [5.41, 5.74) is 0. The van der Waals surface area contributed by atoms with Crippen LogP contribution in [-0.4, -0.2) is 49.7 Å². The predicted octanol–water partition coefficient (Wildman–Crippen LogP) is 1.26. The highest BCUT2D eigenvalue weighted by Gasteiger charge is 2.17. The second-order valence-electron chi connectivity index (χ2n) is 3.77. The average molecular weight is 230 g/mol. The summed E-state index contributed by atoms with van der Waals surface area (Å²) < 4.78 is 5.48. The first-order valence-electron chi connectivity index (χ1n) is 6.28. The van der Waals surface area contributed by atoms with E-state index in [1.54, 1.807) is 4.90 Å². The van der Waals surface area contributed by atoms with Crippen LogP contribution < -0.4 is 5.32 Å². The molecule has 0 rings (SSSR count). The number of carbonyl (C=O) groups is 1. The Labute approximate surface area is 99.3 Å². The maximum atomic E-state index is 11.8. The van der Waals surface area contributed by atoms with E-state index in [0.717, 1.165) is 32.6 Å². The quantitative estimate of drug-likeness (QED) is 0.606. The van der Waals surface area contributed by atoms with Gasteiger partial charge in [0.2, 0.25) is 0 Å². The van der Waals surface area contributed by atoms with E-state index in [4.69, 9.17) is 4.74 Å². The molecule has 4 nitrogen and oxygen atoms in total. The monoisotopic (exact) mass is 230 g/mol. The van der Waals surface area contributed by atoms with Gasteiger partial charge in [0.05, 0.1) is 6.61 Å². The number of hydrogen-bond donors (Lipinski definition) is 1. The Morgan fingerprint density at radius 1 is 1.25 bits per heavy atom. The minimum atomic E-state index is -0.330. The van der Waals surface area contributed by atoms with Crippen LogP contribution in [0.2, 0.25) is 0 Å². The summed E-state index contributed by atoms with van der Waals surface area (Å²) >= 11 is 0. The minimum Gasteiger partial charge on any atom is -0.367 e. The van der Waals surface area contributed by atoms with E-state index in [1.807, 2.05) is 20.8 Å². The number of amides is 1. The smallest absolute Gasteiger partial charge is 0.251 e. The summed E-state index contributed by atoms with van der Waals surface area (Å²) in [7, 11) is 0. The summed E-state index contributed by atoms with van der Waals surface area (Å²) in [6.07, 6.45) is 0.789. The highest BCUT2D eigenvalue weighted by atomic mass is 16.5. The molecule has 0 aliphatic rings. The van der Waals surface area contributed by atoms with Crippen molar-refractivity contribution in [3.05, 3.63) is 0 Å². The fraction of sp³-hybridized carbons (Fsp3) is 0.917. The zero-order valence-corrected chi connectivity index (χ0v) is 11.1. The molecular formula is C12H26N2O2. The molecular weight excluding hydrogens is 204 g/mol. The molecule has 1 amide bonds. The van der Waals surface area contributed by atoms with Crippen molar-refractivity contribution in [1.82, 2.24) is 10.2 Å². The van der Waals surface area contributed by atoms with E-state index in [-0.39, 0.29) is 12.0 Å². The molecule has 1 unspecified atom stereocenters. The Hall–Kier alpha value is -0.610. The first-order chi connectivity index (χ1) is 7.67. The Kier molecular flexibility index (Phi) is 9.24. The molecule has 0 saturated carbocycles. The zero-order chi connectivity index (χ0) is 12.4. The van der Waals surface area contributed by atoms with Crippen LogP contribution in [0.4, 0.5) is 0 Å². The van der Waals surface area contributed by atoms with Gasteiger partial charge in [-0.25, -0.2) is 0 Å². The minimum absolute atomic E-state index is 0.0838. The molecule has 96 valence electrons. The number of nitrogens with one attached hydrogen (secondary N) is 1. The summed E-state index contributed by atoms with van der Waals surface area (Å²) in [6, 6.07) is 0.